The SMILES string of the molecule is COC(=O)C(C)CN(C)C(=O)c1cc(O)[nH]c(=O)c1. The standard InChI is InChI=1S/C12H16N2O5/c1-7(12(18)19-3)6-14(2)11(17)8-4-9(15)13-10(16)5-8/h4-5,7H,6H2,1-3H3,(H2,13,15,16). The monoisotopic (exact) mass is 268 g/mol. The smallest absolute Gasteiger partial charge is 0.310 e. The van der Waals surface area contributed by atoms with Crippen LogP contribution in [0, 0.1) is 5.92 Å². The van der Waals surface area contributed by atoms with Crippen LogP contribution in [0.1, 0.15) is 17.3 Å². The number of amides is 1. The van der Waals surface area contributed by atoms with Crippen molar-refractivity contribution in [2.24, 2.45) is 5.92 Å². The highest BCUT2D eigenvalue weighted by atomic mass is 16.5. The van der Waals surface area contributed by atoms with E-state index in [1.807, 2.05) is 0 Å². The first kappa shape index (κ1) is 14.7. The van der Waals surface area contributed by atoms with Crippen molar-refractivity contribution in [1.82, 2.24) is 9.88 Å². The number of aromatic hydroxyl groups is 1. The number of hydrogen-bond acceptors (Lipinski definition) is 5. The van der Waals surface area contributed by atoms with E-state index < -0.39 is 23.4 Å². The molecule has 1 rings (SSSR count). The number of carbonyl (C=O) groups excluding carboxylic acids is 2. The van der Waals surface area contributed by atoms with Gasteiger partial charge in [-0.2, -0.15) is 0 Å². The van der Waals surface area contributed by atoms with Crippen LogP contribution in [0.4, 0.5) is 0 Å². The quantitative estimate of drug-likeness (QED) is 0.746. The average molecular weight is 268 g/mol. The zero-order chi connectivity index (χ0) is 14.6. The number of aromatic amines is 1. The number of carbonyl (C=O) groups is 2. The molecule has 1 atom stereocenters. The first-order valence-corrected chi connectivity index (χ1v) is 5.61. The first-order valence-electron chi connectivity index (χ1n) is 5.61. The number of nitrogens with one attached hydrogen (secondary N) is 1. The second-order valence-corrected chi connectivity index (χ2v) is 4.23. The van der Waals surface area contributed by atoms with Gasteiger partial charge in [0.2, 0.25) is 0 Å². The van der Waals surface area contributed by atoms with Gasteiger partial charge in [-0.15, -0.1) is 0 Å². The maximum absolute atomic E-state index is 12.0. The van der Waals surface area contributed by atoms with E-state index in [4.69, 9.17) is 0 Å². The third-order valence-corrected chi connectivity index (χ3v) is 2.58. The highest BCUT2D eigenvalue weighted by molar-refractivity contribution is 5.94. The van der Waals surface area contributed by atoms with Crippen molar-refractivity contribution in [1.29, 1.82) is 0 Å². The van der Waals surface area contributed by atoms with Crippen molar-refractivity contribution in [3.63, 3.8) is 0 Å². The van der Waals surface area contributed by atoms with Crippen molar-refractivity contribution >= 4 is 11.9 Å². The summed E-state index contributed by atoms with van der Waals surface area (Å²) in [5.74, 6) is -1.75. The van der Waals surface area contributed by atoms with Gasteiger partial charge in [0.05, 0.1) is 18.6 Å². The number of pyridine rings is 1. The highest BCUT2D eigenvalue weighted by Gasteiger charge is 2.20. The van der Waals surface area contributed by atoms with Crippen molar-refractivity contribution in [3.8, 4) is 5.88 Å². The molecular formula is C12H16N2O5. The second kappa shape index (κ2) is 6.03. The van der Waals surface area contributed by atoms with E-state index in [1.54, 1.807) is 6.92 Å². The van der Waals surface area contributed by atoms with Gasteiger partial charge in [0.25, 0.3) is 11.5 Å². The van der Waals surface area contributed by atoms with E-state index in [-0.39, 0.29) is 18.0 Å². The molecule has 1 aromatic heterocycles. The Hall–Kier alpha value is -2.31. The van der Waals surface area contributed by atoms with Crippen molar-refractivity contribution < 1.29 is 19.4 Å². The zero-order valence-corrected chi connectivity index (χ0v) is 11.0. The summed E-state index contributed by atoms with van der Waals surface area (Å²) in [6, 6.07) is 2.24. The molecule has 1 amide bonds. The molecule has 1 aromatic rings. The van der Waals surface area contributed by atoms with Gasteiger partial charge in [-0.25, -0.2) is 0 Å². The summed E-state index contributed by atoms with van der Waals surface area (Å²) in [6.07, 6.45) is 0. The van der Waals surface area contributed by atoms with Crippen LogP contribution in [0.3, 0.4) is 0 Å². The molecule has 0 aliphatic carbocycles. The molecule has 0 aromatic carbocycles. The molecule has 0 saturated carbocycles. The van der Waals surface area contributed by atoms with Crippen molar-refractivity contribution in [2.45, 2.75) is 6.92 Å². The minimum atomic E-state index is -0.572. The molecule has 0 aliphatic rings. The Balaban J connectivity index is 2.82. The van der Waals surface area contributed by atoms with Gasteiger partial charge in [0.15, 0.2) is 5.88 Å². The second-order valence-electron chi connectivity index (χ2n) is 4.23. The van der Waals surface area contributed by atoms with E-state index in [1.165, 1.54) is 19.1 Å². The summed E-state index contributed by atoms with van der Waals surface area (Å²) in [6.45, 7) is 1.78. The maximum Gasteiger partial charge on any atom is 0.310 e. The van der Waals surface area contributed by atoms with Gasteiger partial charge in [-0.1, -0.05) is 6.92 Å². The molecule has 7 heteroatoms. The van der Waals surface area contributed by atoms with Gasteiger partial charge in [0.1, 0.15) is 0 Å². The first-order chi connectivity index (χ1) is 8.85. The van der Waals surface area contributed by atoms with Crippen LogP contribution in [0.15, 0.2) is 16.9 Å². The van der Waals surface area contributed by atoms with Gasteiger partial charge >= 0.3 is 5.97 Å². The summed E-state index contributed by atoms with van der Waals surface area (Å²) < 4.78 is 4.56. The molecule has 19 heavy (non-hydrogen) atoms. The molecular weight excluding hydrogens is 252 g/mol. The molecule has 7 nitrogen and oxygen atoms in total. The maximum atomic E-state index is 12.0. The van der Waals surface area contributed by atoms with E-state index >= 15 is 0 Å². The molecule has 0 spiro atoms. The number of rotatable bonds is 4. The Labute approximate surface area is 109 Å². The Morgan fingerprint density at radius 1 is 1.47 bits per heavy atom. The van der Waals surface area contributed by atoms with Crippen molar-refractivity contribution in [3.05, 3.63) is 28.0 Å². The zero-order valence-electron chi connectivity index (χ0n) is 11.0. The number of nitrogens with zero attached hydrogens (tertiary/aromatic N) is 1. The fourth-order valence-electron chi connectivity index (χ4n) is 1.64. The Morgan fingerprint density at radius 3 is 2.63 bits per heavy atom. The lowest BCUT2D eigenvalue weighted by atomic mass is 10.1. The number of H-pyrrole nitrogens is 1. The fraction of sp³-hybridized carbons (Fsp3) is 0.417. The number of esters is 1. The van der Waals surface area contributed by atoms with E-state index in [9.17, 15) is 19.5 Å². The Bertz CT molecular complexity index is 537. The molecule has 0 bridgehead atoms. The minimum absolute atomic E-state index is 0.0563. The lowest BCUT2D eigenvalue weighted by Crippen LogP contribution is -2.34. The molecule has 2 N–H and O–H groups in total. The van der Waals surface area contributed by atoms with Crippen LogP contribution in [0.25, 0.3) is 0 Å². The minimum Gasteiger partial charge on any atom is -0.494 e. The van der Waals surface area contributed by atoms with Crippen LogP contribution in [0.2, 0.25) is 0 Å². The summed E-state index contributed by atoms with van der Waals surface area (Å²) in [4.78, 5) is 37.8. The van der Waals surface area contributed by atoms with E-state index in [0.29, 0.717) is 0 Å². The summed E-state index contributed by atoms with van der Waals surface area (Å²) in [5, 5.41) is 9.23. The lowest BCUT2D eigenvalue weighted by molar-refractivity contribution is -0.145. The fourth-order valence-corrected chi connectivity index (χ4v) is 1.64. The predicted molar refractivity (Wildman–Crippen MR) is 66.9 cm³/mol. The molecule has 0 radical (unpaired) electrons. The molecule has 0 fully saturated rings. The normalized spacial score (nSPS) is 11.7. The van der Waals surface area contributed by atoms with Crippen LogP contribution in [-0.2, 0) is 9.53 Å². The topological polar surface area (TPSA) is 99.7 Å². The Morgan fingerprint density at radius 2 is 2.11 bits per heavy atom. The number of methoxy groups -OCH3 is 1. The number of aromatic nitrogens is 1. The van der Waals surface area contributed by atoms with Crippen LogP contribution in [-0.4, -0.2) is 47.6 Å². The molecule has 0 saturated heterocycles. The van der Waals surface area contributed by atoms with Gasteiger partial charge in [-0.3, -0.25) is 19.4 Å². The van der Waals surface area contributed by atoms with Crippen LogP contribution < -0.4 is 5.56 Å². The highest BCUT2D eigenvalue weighted by Crippen LogP contribution is 2.09. The van der Waals surface area contributed by atoms with E-state index in [2.05, 4.69) is 9.72 Å². The third-order valence-electron chi connectivity index (χ3n) is 2.58. The molecule has 1 heterocycles. The third kappa shape index (κ3) is 3.84. The van der Waals surface area contributed by atoms with Crippen LogP contribution >= 0.6 is 0 Å². The summed E-state index contributed by atoms with van der Waals surface area (Å²) in [7, 11) is 2.77. The number of ether oxygens (including phenoxy) is 1. The van der Waals surface area contributed by atoms with Gasteiger partial charge in [0, 0.05) is 25.7 Å². The van der Waals surface area contributed by atoms with E-state index in [0.717, 1.165) is 12.1 Å². The van der Waals surface area contributed by atoms with Crippen LogP contribution in [0.5, 0.6) is 5.88 Å². The predicted octanol–water partition coefficient (Wildman–Crippen LogP) is -0.0384. The largest absolute Gasteiger partial charge is 0.494 e. The summed E-state index contributed by atoms with van der Waals surface area (Å²) >= 11 is 0. The molecule has 0 aliphatic heterocycles. The number of hydrogen-bond donors (Lipinski definition) is 2. The Kier molecular flexibility index (Phi) is 4.68. The summed E-state index contributed by atoms with van der Waals surface area (Å²) in [5.41, 5.74) is -0.515. The van der Waals surface area contributed by atoms with Crippen molar-refractivity contribution in [2.75, 3.05) is 20.7 Å². The molecule has 104 valence electrons. The average Bonchev–Trinajstić information content (AvgIpc) is 2.35. The van der Waals surface area contributed by atoms with Gasteiger partial charge < -0.3 is 14.7 Å². The molecule has 1 unspecified atom stereocenters. The van der Waals surface area contributed by atoms with Gasteiger partial charge in [-0.05, 0) is 0 Å². The lowest BCUT2D eigenvalue weighted by Gasteiger charge is -2.20.